The fraction of sp³-hybridized carbons (Fsp3) is 0.391. The van der Waals surface area contributed by atoms with Crippen LogP contribution >= 0.6 is 0 Å². The molecule has 2 aromatic rings. The van der Waals surface area contributed by atoms with Crippen LogP contribution in [0.25, 0.3) is 0 Å². The molecule has 2 bridgehead atoms. The number of fused-ring (bicyclic) bond motifs is 3. The van der Waals surface area contributed by atoms with Crippen molar-refractivity contribution in [3.05, 3.63) is 65.5 Å². The lowest BCUT2D eigenvalue weighted by molar-refractivity contribution is -0.132. The molecule has 1 heterocycles. The van der Waals surface area contributed by atoms with Gasteiger partial charge in [-0.2, -0.15) is 0 Å². The van der Waals surface area contributed by atoms with Crippen LogP contribution in [-0.2, 0) is 11.3 Å². The van der Waals surface area contributed by atoms with Gasteiger partial charge in [-0.05, 0) is 61.4 Å². The SMILES string of the molecule is O=C1N[C@@]2(C[C@H]3CC[C@@H]2C[C@@H]3C(=O)NCc2cccc(F)c2)Nc2ccccc21. The highest BCUT2D eigenvalue weighted by Gasteiger charge is 2.55. The molecule has 3 saturated carbocycles. The molecule has 3 fully saturated rings. The molecule has 2 aromatic carbocycles. The van der Waals surface area contributed by atoms with E-state index in [0.717, 1.165) is 36.9 Å². The summed E-state index contributed by atoms with van der Waals surface area (Å²) < 4.78 is 13.4. The second-order valence-electron chi connectivity index (χ2n) is 8.52. The topological polar surface area (TPSA) is 70.2 Å². The summed E-state index contributed by atoms with van der Waals surface area (Å²) in [6, 6.07) is 13.9. The van der Waals surface area contributed by atoms with E-state index >= 15 is 0 Å². The number of carbonyl (C=O) groups is 2. The third-order valence-corrected chi connectivity index (χ3v) is 6.83. The number of rotatable bonds is 3. The number of hydrogen-bond acceptors (Lipinski definition) is 3. The summed E-state index contributed by atoms with van der Waals surface area (Å²) in [5.41, 5.74) is 1.83. The molecule has 2 amide bonds. The minimum Gasteiger partial charge on any atom is -0.362 e. The lowest BCUT2D eigenvalue weighted by Crippen LogP contribution is -2.68. The van der Waals surface area contributed by atoms with Crippen LogP contribution in [0.5, 0.6) is 0 Å². The summed E-state index contributed by atoms with van der Waals surface area (Å²) in [5, 5.41) is 9.80. The van der Waals surface area contributed by atoms with Gasteiger partial charge in [-0.15, -0.1) is 0 Å². The number of nitrogens with one attached hydrogen (secondary N) is 3. The van der Waals surface area contributed by atoms with Crippen molar-refractivity contribution >= 4 is 17.5 Å². The summed E-state index contributed by atoms with van der Waals surface area (Å²) in [5.74, 6) is 0.0410. The molecular weight excluding hydrogens is 369 g/mol. The first-order chi connectivity index (χ1) is 14.0. The summed E-state index contributed by atoms with van der Waals surface area (Å²) in [7, 11) is 0. The largest absolute Gasteiger partial charge is 0.362 e. The van der Waals surface area contributed by atoms with Crippen molar-refractivity contribution in [3.63, 3.8) is 0 Å². The van der Waals surface area contributed by atoms with Gasteiger partial charge >= 0.3 is 0 Å². The van der Waals surface area contributed by atoms with E-state index in [1.54, 1.807) is 6.07 Å². The van der Waals surface area contributed by atoms with Crippen molar-refractivity contribution in [1.29, 1.82) is 0 Å². The number of amides is 2. The average molecular weight is 393 g/mol. The number of benzene rings is 2. The second-order valence-corrected chi connectivity index (χ2v) is 8.52. The molecule has 29 heavy (non-hydrogen) atoms. The van der Waals surface area contributed by atoms with Gasteiger partial charge in [0.05, 0.1) is 5.56 Å². The molecule has 4 atom stereocenters. The smallest absolute Gasteiger partial charge is 0.255 e. The van der Waals surface area contributed by atoms with Crippen LogP contribution < -0.4 is 16.0 Å². The summed E-state index contributed by atoms with van der Waals surface area (Å²) in [6.07, 6.45) is 3.47. The lowest BCUT2D eigenvalue weighted by atomic mass is 9.58. The minimum absolute atomic E-state index is 0.0290. The Labute approximate surface area is 169 Å². The van der Waals surface area contributed by atoms with E-state index in [4.69, 9.17) is 0 Å². The molecular formula is C23H24FN3O2. The number of anilines is 1. The normalized spacial score (nSPS) is 29.7. The maximum absolute atomic E-state index is 13.4. The van der Waals surface area contributed by atoms with Gasteiger partial charge in [0.1, 0.15) is 11.5 Å². The fourth-order valence-corrected chi connectivity index (χ4v) is 5.43. The van der Waals surface area contributed by atoms with Gasteiger partial charge < -0.3 is 16.0 Å². The van der Waals surface area contributed by atoms with Crippen LogP contribution in [-0.4, -0.2) is 17.5 Å². The van der Waals surface area contributed by atoms with Gasteiger partial charge in [0, 0.05) is 24.1 Å². The predicted molar refractivity (Wildman–Crippen MR) is 107 cm³/mol. The molecule has 150 valence electrons. The second kappa shape index (κ2) is 6.87. The molecule has 3 N–H and O–H groups in total. The molecule has 1 aliphatic heterocycles. The Morgan fingerprint density at radius 2 is 2.00 bits per heavy atom. The van der Waals surface area contributed by atoms with Gasteiger partial charge in [0.25, 0.3) is 5.91 Å². The Morgan fingerprint density at radius 1 is 1.14 bits per heavy atom. The van der Waals surface area contributed by atoms with Gasteiger partial charge in [0.15, 0.2) is 0 Å². The number of halogens is 1. The van der Waals surface area contributed by atoms with E-state index in [-0.39, 0.29) is 35.4 Å². The number of hydrogen-bond donors (Lipinski definition) is 3. The standard InChI is InChI=1S/C23H24FN3O2/c24-17-5-3-4-14(10-17)13-25-21(28)19-11-16-9-8-15(19)12-23(16)26-20-7-2-1-6-18(20)22(29)27-23/h1-7,10,15-16,19,26H,8-9,11-13H2,(H,25,28)(H,27,29)/t15-,16-,19+,23-/m1/s1. The Morgan fingerprint density at radius 3 is 2.79 bits per heavy atom. The first kappa shape index (κ1) is 18.2. The van der Waals surface area contributed by atoms with Crippen LogP contribution in [0.4, 0.5) is 10.1 Å². The average Bonchev–Trinajstić information content (AvgIpc) is 2.72. The van der Waals surface area contributed by atoms with Crippen LogP contribution in [0.1, 0.15) is 41.6 Å². The fourth-order valence-electron chi connectivity index (χ4n) is 5.43. The molecule has 5 nitrogen and oxygen atoms in total. The van der Waals surface area contributed by atoms with Crippen LogP contribution in [0.15, 0.2) is 48.5 Å². The third-order valence-electron chi connectivity index (χ3n) is 6.83. The van der Waals surface area contributed by atoms with E-state index in [1.807, 2.05) is 30.3 Å². The molecule has 0 radical (unpaired) electrons. The van der Waals surface area contributed by atoms with E-state index in [1.165, 1.54) is 12.1 Å². The summed E-state index contributed by atoms with van der Waals surface area (Å²) in [4.78, 5) is 25.5. The van der Waals surface area contributed by atoms with Gasteiger partial charge in [0.2, 0.25) is 5.91 Å². The zero-order valence-corrected chi connectivity index (χ0v) is 16.1. The molecule has 6 heteroatoms. The highest BCUT2D eigenvalue weighted by molar-refractivity contribution is 6.02. The molecule has 0 saturated heterocycles. The molecule has 0 unspecified atom stereocenters. The van der Waals surface area contributed by atoms with Crippen LogP contribution in [0, 0.1) is 23.6 Å². The predicted octanol–water partition coefficient (Wildman–Crippen LogP) is 3.43. The van der Waals surface area contributed by atoms with E-state index in [9.17, 15) is 14.0 Å². The van der Waals surface area contributed by atoms with Crippen molar-refractivity contribution in [2.24, 2.45) is 17.8 Å². The van der Waals surface area contributed by atoms with Crippen molar-refractivity contribution in [3.8, 4) is 0 Å². The number of carbonyl (C=O) groups excluding carboxylic acids is 2. The van der Waals surface area contributed by atoms with E-state index in [0.29, 0.717) is 12.1 Å². The third kappa shape index (κ3) is 3.16. The molecule has 3 aliphatic carbocycles. The zero-order valence-electron chi connectivity index (χ0n) is 16.1. The van der Waals surface area contributed by atoms with E-state index in [2.05, 4.69) is 16.0 Å². The summed E-state index contributed by atoms with van der Waals surface area (Å²) >= 11 is 0. The maximum atomic E-state index is 13.4. The highest BCUT2D eigenvalue weighted by Crippen LogP contribution is 2.51. The van der Waals surface area contributed by atoms with Crippen molar-refractivity contribution in [2.75, 3.05) is 5.32 Å². The van der Waals surface area contributed by atoms with Gasteiger partial charge in [-0.3, -0.25) is 9.59 Å². The molecule has 6 rings (SSSR count). The maximum Gasteiger partial charge on any atom is 0.255 e. The molecule has 0 aromatic heterocycles. The lowest BCUT2D eigenvalue weighted by Gasteiger charge is -2.56. The van der Waals surface area contributed by atoms with Crippen molar-refractivity contribution < 1.29 is 14.0 Å². The van der Waals surface area contributed by atoms with E-state index < -0.39 is 5.66 Å². The van der Waals surface area contributed by atoms with Crippen molar-refractivity contribution in [2.45, 2.75) is 37.9 Å². The highest BCUT2D eigenvalue weighted by atomic mass is 19.1. The zero-order chi connectivity index (χ0) is 20.0. The number of para-hydroxylation sites is 1. The quantitative estimate of drug-likeness (QED) is 0.748. The Bertz CT molecular complexity index is 978. The minimum atomic E-state index is -0.465. The Hall–Kier alpha value is -2.89. The first-order valence-electron chi connectivity index (χ1n) is 10.3. The Balaban J connectivity index is 1.29. The van der Waals surface area contributed by atoms with Crippen molar-refractivity contribution in [1.82, 2.24) is 10.6 Å². The molecule has 4 aliphatic rings. The Kier molecular flexibility index (Phi) is 4.30. The molecule has 1 spiro atoms. The first-order valence-corrected chi connectivity index (χ1v) is 10.3. The van der Waals surface area contributed by atoms with Gasteiger partial charge in [-0.25, -0.2) is 4.39 Å². The van der Waals surface area contributed by atoms with Crippen LogP contribution in [0.2, 0.25) is 0 Å². The van der Waals surface area contributed by atoms with Crippen LogP contribution in [0.3, 0.4) is 0 Å². The monoisotopic (exact) mass is 393 g/mol. The summed E-state index contributed by atoms with van der Waals surface area (Å²) in [6.45, 7) is 0.331. The van der Waals surface area contributed by atoms with Gasteiger partial charge in [-0.1, -0.05) is 24.3 Å².